The molecule has 0 bridgehead atoms. The number of carbonyl (C=O) groups is 1. The van der Waals surface area contributed by atoms with Crippen molar-refractivity contribution in [1.82, 2.24) is 0 Å². The predicted octanol–water partition coefficient (Wildman–Crippen LogP) is -0.189. The lowest BCUT2D eigenvalue weighted by Gasteiger charge is -2.02. The second-order valence-electron chi connectivity index (χ2n) is 2.06. The van der Waals surface area contributed by atoms with E-state index in [0.717, 1.165) is 12.8 Å². The molecule has 0 aromatic rings. The van der Waals surface area contributed by atoms with Crippen LogP contribution in [0.5, 0.6) is 0 Å². The molecule has 46 valence electrons. The van der Waals surface area contributed by atoms with E-state index >= 15 is 0 Å². The van der Waals surface area contributed by atoms with Gasteiger partial charge in [-0.25, -0.2) is 4.79 Å². The van der Waals surface area contributed by atoms with E-state index in [-0.39, 0.29) is 5.97 Å². The summed E-state index contributed by atoms with van der Waals surface area (Å²) in [5.41, 5.74) is 4.79. The third kappa shape index (κ3) is 0.837. The molecule has 0 radical (unpaired) electrons. The quantitative estimate of drug-likeness (QED) is 0.504. The Balaban J connectivity index is 2.46. The standard InChI is InChI=1S/C4H8NO2P/c5-4(1-2-4)3(6)7-8/h1-2,5,8H2. The summed E-state index contributed by atoms with van der Waals surface area (Å²) < 4.78 is 4.33. The van der Waals surface area contributed by atoms with Crippen LogP contribution in [0.3, 0.4) is 0 Å². The van der Waals surface area contributed by atoms with E-state index in [4.69, 9.17) is 5.73 Å². The number of rotatable bonds is 1. The summed E-state index contributed by atoms with van der Waals surface area (Å²) in [6.45, 7) is 0. The van der Waals surface area contributed by atoms with Gasteiger partial charge in [0.05, 0.1) is 9.47 Å². The van der Waals surface area contributed by atoms with Crippen LogP contribution in [-0.4, -0.2) is 11.5 Å². The van der Waals surface area contributed by atoms with Crippen molar-refractivity contribution in [2.75, 3.05) is 0 Å². The summed E-state index contributed by atoms with van der Waals surface area (Å²) in [5.74, 6) is -0.317. The van der Waals surface area contributed by atoms with Crippen molar-refractivity contribution in [3.63, 3.8) is 0 Å². The molecule has 4 heteroatoms. The smallest absolute Gasteiger partial charge is 0.328 e. The van der Waals surface area contributed by atoms with E-state index in [1.165, 1.54) is 0 Å². The van der Waals surface area contributed by atoms with Gasteiger partial charge in [-0.2, -0.15) is 0 Å². The molecule has 3 nitrogen and oxygen atoms in total. The Morgan fingerprint density at radius 1 is 1.75 bits per heavy atom. The van der Waals surface area contributed by atoms with E-state index in [1.807, 2.05) is 9.47 Å². The Bertz CT molecular complexity index is 121. The number of hydrogen-bond acceptors (Lipinski definition) is 3. The highest BCUT2D eigenvalue weighted by atomic mass is 31.0. The van der Waals surface area contributed by atoms with Gasteiger partial charge in [0.15, 0.2) is 0 Å². The molecular weight excluding hydrogens is 125 g/mol. The van der Waals surface area contributed by atoms with Gasteiger partial charge in [0.2, 0.25) is 0 Å². The van der Waals surface area contributed by atoms with E-state index in [1.54, 1.807) is 0 Å². The first-order valence-corrected chi connectivity index (χ1v) is 2.86. The lowest BCUT2D eigenvalue weighted by atomic mass is 10.3. The average molecular weight is 133 g/mol. The summed E-state index contributed by atoms with van der Waals surface area (Å²) in [6, 6.07) is 0. The Labute approximate surface area is 49.9 Å². The molecule has 0 aromatic heterocycles. The second kappa shape index (κ2) is 1.67. The molecule has 1 atom stereocenters. The van der Waals surface area contributed by atoms with E-state index < -0.39 is 5.54 Å². The highest BCUT2D eigenvalue weighted by Crippen LogP contribution is 2.33. The van der Waals surface area contributed by atoms with Gasteiger partial charge in [0, 0.05) is 0 Å². The van der Waals surface area contributed by atoms with Crippen LogP contribution in [0, 0.1) is 0 Å². The van der Waals surface area contributed by atoms with Crippen molar-refractivity contribution in [1.29, 1.82) is 0 Å². The van der Waals surface area contributed by atoms with Crippen LogP contribution in [0.2, 0.25) is 0 Å². The van der Waals surface area contributed by atoms with Crippen molar-refractivity contribution in [3.05, 3.63) is 0 Å². The SMILES string of the molecule is NC1(C(=O)OP)CC1. The van der Waals surface area contributed by atoms with E-state index in [0.29, 0.717) is 0 Å². The van der Waals surface area contributed by atoms with Crippen LogP contribution in [0.4, 0.5) is 0 Å². The topological polar surface area (TPSA) is 52.3 Å². The van der Waals surface area contributed by atoms with Gasteiger partial charge in [0.25, 0.3) is 0 Å². The zero-order valence-corrected chi connectivity index (χ0v) is 5.54. The molecule has 0 aliphatic heterocycles. The second-order valence-corrected chi connectivity index (χ2v) is 2.30. The van der Waals surface area contributed by atoms with Crippen molar-refractivity contribution in [2.24, 2.45) is 5.73 Å². The molecule has 1 fully saturated rings. The maximum Gasteiger partial charge on any atom is 0.328 e. The minimum absolute atomic E-state index is 0.317. The normalized spacial score (nSPS) is 22.2. The molecule has 8 heavy (non-hydrogen) atoms. The number of hydrogen-bond donors (Lipinski definition) is 1. The molecule has 0 saturated heterocycles. The lowest BCUT2D eigenvalue weighted by Crippen LogP contribution is -2.32. The molecule has 1 saturated carbocycles. The van der Waals surface area contributed by atoms with Gasteiger partial charge in [-0.15, -0.1) is 0 Å². The third-order valence-corrected chi connectivity index (χ3v) is 1.52. The first kappa shape index (κ1) is 5.99. The van der Waals surface area contributed by atoms with Gasteiger partial charge in [0.1, 0.15) is 5.54 Å². The van der Waals surface area contributed by atoms with Gasteiger partial charge < -0.3 is 10.3 Å². The van der Waals surface area contributed by atoms with Crippen LogP contribution in [-0.2, 0) is 9.32 Å². The van der Waals surface area contributed by atoms with Crippen molar-refractivity contribution in [2.45, 2.75) is 18.4 Å². The minimum atomic E-state index is -0.623. The van der Waals surface area contributed by atoms with Crippen LogP contribution < -0.4 is 5.73 Å². The molecule has 0 amide bonds. The van der Waals surface area contributed by atoms with E-state index in [2.05, 4.69) is 4.52 Å². The summed E-state index contributed by atoms with van der Waals surface area (Å²) >= 11 is 0. The van der Waals surface area contributed by atoms with Crippen LogP contribution >= 0.6 is 9.47 Å². The molecule has 1 rings (SSSR count). The molecular formula is C4H8NO2P. The molecule has 2 N–H and O–H groups in total. The highest BCUT2D eigenvalue weighted by molar-refractivity contribution is 7.10. The van der Waals surface area contributed by atoms with Gasteiger partial charge in [-0.1, -0.05) is 0 Å². The van der Waals surface area contributed by atoms with Gasteiger partial charge in [-0.3, -0.25) is 0 Å². The average Bonchev–Trinajstić information content (AvgIpc) is 2.47. The van der Waals surface area contributed by atoms with Crippen LogP contribution in [0.15, 0.2) is 0 Å². The summed E-state index contributed by atoms with van der Waals surface area (Å²) in [5, 5.41) is 0. The maximum absolute atomic E-state index is 10.5. The summed E-state index contributed by atoms with van der Waals surface area (Å²) in [7, 11) is 1.89. The fraction of sp³-hybridized carbons (Fsp3) is 0.750. The van der Waals surface area contributed by atoms with Crippen molar-refractivity contribution >= 4 is 15.4 Å². The van der Waals surface area contributed by atoms with E-state index in [9.17, 15) is 4.79 Å². The fourth-order valence-corrected chi connectivity index (χ4v) is 0.691. The number of carbonyl (C=O) groups excluding carboxylic acids is 1. The molecule has 1 unspecified atom stereocenters. The summed E-state index contributed by atoms with van der Waals surface area (Å²) in [6.07, 6.45) is 1.53. The predicted molar refractivity (Wildman–Crippen MR) is 32.0 cm³/mol. The molecule has 1 aliphatic carbocycles. The molecule has 0 heterocycles. The van der Waals surface area contributed by atoms with Gasteiger partial charge in [-0.05, 0) is 12.8 Å². The van der Waals surface area contributed by atoms with Crippen LogP contribution in [0.1, 0.15) is 12.8 Å². The Morgan fingerprint density at radius 2 is 2.25 bits per heavy atom. The maximum atomic E-state index is 10.5. The first-order valence-electron chi connectivity index (χ1n) is 2.39. The monoisotopic (exact) mass is 133 g/mol. The first-order chi connectivity index (χ1) is 3.69. The highest BCUT2D eigenvalue weighted by Gasteiger charge is 2.47. The third-order valence-electron chi connectivity index (χ3n) is 1.30. The fourth-order valence-electron chi connectivity index (χ4n) is 0.456. The zero-order valence-electron chi connectivity index (χ0n) is 4.39. The van der Waals surface area contributed by atoms with Crippen molar-refractivity contribution in [3.8, 4) is 0 Å². The number of nitrogens with two attached hydrogens (primary N) is 1. The van der Waals surface area contributed by atoms with Gasteiger partial charge >= 0.3 is 5.97 Å². The Morgan fingerprint density at radius 3 is 2.38 bits per heavy atom. The lowest BCUT2D eigenvalue weighted by molar-refractivity contribution is -0.135. The molecule has 0 aromatic carbocycles. The largest absolute Gasteiger partial charge is 0.450 e. The molecule has 1 aliphatic rings. The zero-order chi connectivity index (χ0) is 6.20. The van der Waals surface area contributed by atoms with Crippen molar-refractivity contribution < 1.29 is 9.32 Å². The Kier molecular flexibility index (Phi) is 1.25. The Hall–Kier alpha value is -0.140. The van der Waals surface area contributed by atoms with Crippen LogP contribution in [0.25, 0.3) is 0 Å². The summed E-state index contributed by atoms with van der Waals surface area (Å²) in [4.78, 5) is 10.5. The minimum Gasteiger partial charge on any atom is -0.450 e. The molecule has 0 spiro atoms.